The topological polar surface area (TPSA) is 70.7 Å². The molecule has 2 N–H and O–H groups in total. The summed E-state index contributed by atoms with van der Waals surface area (Å²) in [5, 5.41) is 5.58. The van der Waals surface area contributed by atoms with Crippen molar-refractivity contribution >= 4 is 11.8 Å². The molecule has 0 aromatic rings. The molecule has 102 valence electrons. The summed E-state index contributed by atoms with van der Waals surface area (Å²) >= 11 is 0. The molecule has 0 aromatic carbocycles. The molecular weight excluding hydrogens is 234 g/mol. The Kier molecular flexibility index (Phi) is 4.68. The lowest BCUT2D eigenvalue weighted by Gasteiger charge is -2.31. The molecule has 2 fully saturated rings. The average molecular weight is 255 g/mol. The van der Waals surface area contributed by atoms with Gasteiger partial charge in [-0.05, 0) is 26.3 Å². The highest BCUT2D eigenvalue weighted by atomic mass is 16.5. The van der Waals surface area contributed by atoms with Crippen molar-refractivity contribution in [3.63, 3.8) is 0 Å². The molecule has 2 unspecified atom stereocenters. The number of morpholine rings is 1. The molecule has 2 aliphatic rings. The summed E-state index contributed by atoms with van der Waals surface area (Å²) in [7, 11) is 0. The Morgan fingerprint density at radius 2 is 2.11 bits per heavy atom. The van der Waals surface area contributed by atoms with Crippen molar-refractivity contribution in [2.75, 3.05) is 32.8 Å². The van der Waals surface area contributed by atoms with Crippen molar-refractivity contribution < 1.29 is 14.3 Å². The lowest BCUT2D eigenvalue weighted by Crippen LogP contribution is -2.53. The molecule has 6 nitrogen and oxygen atoms in total. The Morgan fingerprint density at radius 1 is 1.39 bits per heavy atom. The van der Waals surface area contributed by atoms with Crippen LogP contribution in [0.3, 0.4) is 0 Å². The minimum absolute atomic E-state index is 0.197. The van der Waals surface area contributed by atoms with Crippen LogP contribution in [0, 0.1) is 0 Å². The van der Waals surface area contributed by atoms with E-state index in [1.165, 1.54) is 0 Å². The van der Waals surface area contributed by atoms with Crippen molar-refractivity contribution in [2.24, 2.45) is 0 Å². The quantitative estimate of drug-likeness (QED) is 0.684. The maximum Gasteiger partial charge on any atom is 0.243 e. The highest BCUT2D eigenvalue weighted by molar-refractivity contribution is 5.99. The fourth-order valence-electron chi connectivity index (χ4n) is 2.35. The SMILES string of the molecule is CC(C(=O)NC(=O)C1CCCN1)N1CCOCC1. The van der Waals surface area contributed by atoms with Gasteiger partial charge in [0, 0.05) is 13.1 Å². The van der Waals surface area contributed by atoms with E-state index in [4.69, 9.17) is 4.74 Å². The van der Waals surface area contributed by atoms with E-state index in [1.54, 1.807) is 0 Å². The largest absolute Gasteiger partial charge is 0.379 e. The predicted molar refractivity (Wildman–Crippen MR) is 66.0 cm³/mol. The molecule has 0 bridgehead atoms. The predicted octanol–water partition coefficient (Wildman–Crippen LogP) is -0.898. The molecular formula is C12H21N3O3. The second-order valence-corrected chi connectivity index (χ2v) is 4.83. The van der Waals surface area contributed by atoms with Gasteiger partial charge in [-0.2, -0.15) is 0 Å². The van der Waals surface area contributed by atoms with Gasteiger partial charge in [-0.25, -0.2) is 0 Å². The van der Waals surface area contributed by atoms with Crippen LogP contribution in [0.4, 0.5) is 0 Å². The van der Waals surface area contributed by atoms with Gasteiger partial charge in [0.15, 0.2) is 0 Å². The first kappa shape index (κ1) is 13.5. The molecule has 2 saturated heterocycles. The van der Waals surface area contributed by atoms with E-state index < -0.39 is 0 Å². The van der Waals surface area contributed by atoms with Crippen LogP contribution in [0.5, 0.6) is 0 Å². The number of carbonyl (C=O) groups is 2. The van der Waals surface area contributed by atoms with Crippen LogP contribution in [0.25, 0.3) is 0 Å². The zero-order valence-electron chi connectivity index (χ0n) is 10.8. The van der Waals surface area contributed by atoms with Gasteiger partial charge in [0.05, 0.1) is 25.3 Å². The van der Waals surface area contributed by atoms with Gasteiger partial charge in [0.1, 0.15) is 0 Å². The third kappa shape index (κ3) is 3.28. The lowest BCUT2D eigenvalue weighted by atomic mass is 10.2. The number of nitrogens with one attached hydrogen (secondary N) is 2. The minimum atomic E-state index is -0.278. The van der Waals surface area contributed by atoms with Crippen LogP contribution in [0.2, 0.25) is 0 Å². The second kappa shape index (κ2) is 6.26. The van der Waals surface area contributed by atoms with Crippen LogP contribution < -0.4 is 10.6 Å². The Labute approximate surface area is 107 Å². The van der Waals surface area contributed by atoms with E-state index in [-0.39, 0.29) is 23.9 Å². The van der Waals surface area contributed by atoms with Gasteiger partial charge in [-0.15, -0.1) is 0 Å². The first-order valence-corrected chi connectivity index (χ1v) is 6.58. The van der Waals surface area contributed by atoms with Gasteiger partial charge < -0.3 is 10.1 Å². The maximum atomic E-state index is 12.0. The molecule has 0 radical (unpaired) electrons. The van der Waals surface area contributed by atoms with Gasteiger partial charge >= 0.3 is 0 Å². The number of carbonyl (C=O) groups excluding carboxylic acids is 2. The van der Waals surface area contributed by atoms with Crippen LogP contribution >= 0.6 is 0 Å². The monoisotopic (exact) mass is 255 g/mol. The van der Waals surface area contributed by atoms with Crippen LogP contribution in [-0.2, 0) is 14.3 Å². The van der Waals surface area contributed by atoms with E-state index in [9.17, 15) is 9.59 Å². The third-order valence-electron chi connectivity index (χ3n) is 3.60. The number of hydrogen-bond donors (Lipinski definition) is 2. The van der Waals surface area contributed by atoms with Crippen molar-refractivity contribution in [2.45, 2.75) is 31.8 Å². The van der Waals surface area contributed by atoms with Gasteiger partial charge in [0.25, 0.3) is 0 Å². The fourth-order valence-corrected chi connectivity index (χ4v) is 2.35. The molecule has 2 aliphatic heterocycles. The summed E-state index contributed by atoms with van der Waals surface area (Å²) in [6.07, 6.45) is 1.80. The molecule has 18 heavy (non-hydrogen) atoms. The smallest absolute Gasteiger partial charge is 0.243 e. The van der Waals surface area contributed by atoms with E-state index in [0.717, 1.165) is 32.5 Å². The molecule has 0 spiro atoms. The van der Waals surface area contributed by atoms with E-state index in [2.05, 4.69) is 10.6 Å². The summed E-state index contributed by atoms with van der Waals surface area (Å²) in [5.74, 6) is -0.409. The van der Waals surface area contributed by atoms with Crippen LogP contribution in [0.15, 0.2) is 0 Å². The summed E-state index contributed by atoms with van der Waals surface area (Å²) in [6, 6.07) is -0.481. The molecule has 2 heterocycles. The van der Waals surface area contributed by atoms with Crippen molar-refractivity contribution in [3.8, 4) is 0 Å². The van der Waals surface area contributed by atoms with E-state index in [0.29, 0.717) is 13.2 Å². The first-order valence-electron chi connectivity index (χ1n) is 6.58. The van der Waals surface area contributed by atoms with Crippen LogP contribution in [-0.4, -0.2) is 61.6 Å². The van der Waals surface area contributed by atoms with Gasteiger partial charge in [-0.3, -0.25) is 19.8 Å². The number of nitrogens with zero attached hydrogens (tertiary/aromatic N) is 1. The third-order valence-corrected chi connectivity index (χ3v) is 3.60. The summed E-state index contributed by atoms with van der Waals surface area (Å²) in [5.41, 5.74) is 0. The number of amides is 2. The summed E-state index contributed by atoms with van der Waals surface area (Å²) in [6.45, 7) is 5.46. The molecule has 0 saturated carbocycles. The Morgan fingerprint density at radius 3 is 2.72 bits per heavy atom. The Hall–Kier alpha value is -0.980. The highest BCUT2D eigenvalue weighted by Gasteiger charge is 2.28. The summed E-state index contributed by atoms with van der Waals surface area (Å²) < 4.78 is 5.24. The summed E-state index contributed by atoms with van der Waals surface area (Å²) in [4.78, 5) is 25.8. The molecule has 6 heteroatoms. The zero-order valence-corrected chi connectivity index (χ0v) is 10.8. The molecule has 2 atom stereocenters. The highest BCUT2D eigenvalue weighted by Crippen LogP contribution is 2.06. The number of rotatable bonds is 3. The van der Waals surface area contributed by atoms with Gasteiger partial charge in [-0.1, -0.05) is 0 Å². The average Bonchev–Trinajstić information content (AvgIpc) is 2.92. The Balaban J connectivity index is 1.80. The maximum absolute atomic E-state index is 12.0. The number of ether oxygens (including phenoxy) is 1. The molecule has 0 aliphatic carbocycles. The first-order chi connectivity index (χ1) is 8.68. The van der Waals surface area contributed by atoms with E-state index in [1.807, 2.05) is 11.8 Å². The molecule has 2 amide bonds. The zero-order chi connectivity index (χ0) is 13.0. The fraction of sp³-hybridized carbons (Fsp3) is 0.833. The van der Waals surface area contributed by atoms with Crippen LogP contribution in [0.1, 0.15) is 19.8 Å². The van der Waals surface area contributed by atoms with Gasteiger partial charge in [0.2, 0.25) is 11.8 Å². The lowest BCUT2D eigenvalue weighted by molar-refractivity contribution is -0.135. The molecule has 2 rings (SSSR count). The normalized spacial score (nSPS) is 26.8. The number of hydrogen-bond acceptors (Lipinski definition) is 5. The number of imide groups is 1. The molecule has 0 aromatic heterocycles. The minimum Gasteiger partial charge on any atom is -0.379 e. The standard InChI is InChI=1S/C12H21N3O3/c1-9(15-5-7-18-8-6-15)11(16)14-12(17)10-3-2-4-13-10/h9-10,13H,2-8H2,1H3,(H,14,16,17). The van der Waals surface area contributed by atoms with E-state index >= 15 is 0 Å². The second-order valence-electron chi connectivity index (χ2n) is 4.83. The van der Waals surface area contributed by atoms with Crippen molar-refractivity contribution in [1.29, 1.82) is 0 Å². The Bertz CT molecular complexity index is 310. The van der Waals surface area contributed by atoms with Crippen molar-refractivity contribution in [3.05, 3.63) is 0 Å². The van der Waals surface area contributed by atoms with Crippen molar-refractivity contribution in [1.82, 2.24) is 15.5 Å².